The van der Waals surface area contributed by atoms with E-state index in [1.54, 1.807) is 11.0 Å². The molecule has 1 aromatic rings. The molecule has 1 aromatic carbocycles. The molecule has 6 heteroatoms. The summed E-state index contributed by atoms with van der Waals surface area (Å²) in [5.41, 5.74) is -0.303. The monoisotopic (exact) mass is 273 g/mol. The number of benzene rings is 1. The Balaban J connectivity index is 2.29. The van der Waals surface area contributed by atoms with Gasteiger partial charge in [0.2, 0.25) is 0 Å². The Morgan fingerprint density at radius 3 is 2.79 bits per heavy atom. The predicted molar refractivity (Wildman–Crippen MR) is 63.8 cm³/mol. The molecule has 0 N–H and O–H groups in total. The molecule has 1 fully saturated rings. The molecule has 2 rings (SSSR count). The van der Waals surface area contributed by atoms with E-state index in [9.17, 15) is 18.0 Å². The minimum atomic E-state index is -4.38. The second-order valence-electron chi connectivity index (χ2n) is 4.42. The molecule has 0 bridgehead atoms. The van der Waals surface area contributed by atoms with Crippen LogP contribution in [0.3, 0.4) is 0 Å². The van der Waals surface area contributed by atoms with Gasteiger partial charge in [0.15, 0.2) is 0 Å². The topological polar surface area (TPSA) is 29.5 Å². The number of hydrogen-bond donors (Lipinski definition) is 0. The van der Waals surface area contributed by atoms with Crippen molar-refractivity contribution in [2.45, 2.75) is 25.1 Å². The van der Waals surface area contributed by atoms with Crippen molar-refractivity contribution in [3.05, 3.63) is 29.8 Å². The van der Waals surface area contributed by atoms with Crippen LogP contribution < -0.4 is 4.90 Å². The third-order valence-electron chi connectivity index (χ3n) is 3.23. The summed E-state index contributed by atoms with van der Waals surface area (Å²) < 4.78 is 42.7. The van der Waals surface area contributed by atoms with E-state index in [-0.39, 0.29) is 0 Å². The van der Waals surface area contributed by atoms with Gasteiger partial charge in [-0.05, 0) is 31.0 Å². The van der Waals surface area contributed by atoms with Crippen molar-refractivity contribution in [3.8, 4) is 0 Å². The molecule has 0 aliphatic carbocycles. The first kappa shape index (κ1) is 13.7. The van der Waals surface area contributed by atoms with Crippen LogP contribution in [0.4, 0.5) is 18.9 Å². The minimum Gasteiger partial charge on any atom is -0.467 e. The van der Waals surface area contributed by atoms with Crippen molar-refractivity contribution in [1.29, 1.82) is 0 Å². The summed E-state index contributed by atoms with van der Waals surface area (Å²) in [5.74, 6) is -0.407. The van der Waals surface area contributed by atoms with Crippen LogP contribution in [-0.2, 0) is 15.7 Å². The Labute approximate surface area is 109 Å². The van der Waals surface area contributed by atoms with Crippen LogP contribution in [0.2, 0.25) is 0 Å². The Hall–Kier alpha value is -1.72. The predicted octanol–water partition coefficient (Wildman–Crippen LogP) is 2.85. The largest absolute Gasteiger partial charge is 0.467 e. The fraction of sp³-hybridized carbons (Fsp3) is 0.462. The molecule has 1 aliphatic rings. The molecule has 1 saturated heterocycles. The smallest absolute Gasteiger partial charge is 0.416 e. The number of carbonyl (C=O) groups is 1. The maximum absolute atomic E-state index is 12.7. The summed E-state index contributed by atoms with van der Waals surface area (Å²) >= 11 is 0. The number of carbonyl (C=O) groups excluding carboxylic acids is 1. The first-order valence-corrected chi connectivity index (χ1v) is 5.95. The number of anilines is 1. The number of alkyl halides is 3. The highest BCUT2D eigenvalue weighted by Crippen LogP contribution is 2.33. The first-order valence-electron chi connectivity index (χ1n) is 5.95. The molecule has 0 saturated carbocycles. The molecule has 19 heavy (non-hydrogen) atoms. The van der Waals surface area contributed by atoms with Gasteiger partial charge in [0.25, 0.3) is 0 Å². The summed E-state index contributed by atoms with van der Waals surface area (Å²) in [6, 6.07) is 4.53. The molecular weight excluding hydrogens is 259 g/mol. The molecule has 1 aliphatic heterocycles. The summed E-state index contributed by atoms with van der Waals surface area (Å²) in [4.78, 5) is 13.3. The fourth-order valence-corrected chi connectivity index (χ4v) is 2.32. The fourth-order valence-electron chi connectivity index (χ4n) is 2.32. The van der Waals surface area contributed by atoms with E-state index < -0.39 is 23.8 Å². The van der Waals surface area contributed by atoms with E-state index >= 15 is 0 Å². The summed E-state index contributed by atoms with van der Waals surface area (Å²) in [5, 5.41) is 0. The molecule has 0 aromatic heterocycles. The molecular formula is C13H14F3NO2. The lowest BCUT2D eigenvalue weighted by atomic mass is 10.1. The zero-order valence-electron chi connectivity index (χ0n) is 10.4. The Morgan fingerprint density at radius 2 is 2.16 bits per heavy atom. The van der Waals surface area contributed by atoms with Gasteiger partial charge in [0.1, 0.15) is 6.04 Å². The van der Waals surface area contributed by atoms with E-state index in [0.717, 1.165) is 18.6 Å². The maximum Gasteiger partial charge on any atom is 0.416 e. The van der Waals surface area contributed by atoms with Crippen molar-refractivity contribution < 1.29 is 22.7 Å². The second kappa shape index (κ2) is 5.11. The number of nitrogens with zero attached hydrogens (tertiary/aromatic N) is 1. The van der Waals surface area contributed by atoms with Gasteiger partial charge in [-0.1, -0.05) is 6.07 Å². The third kappa shape index (κ3) is 2.83. The lowest BCUT2D eigenvalue weighted by molar-refractivity contribution is -0.142. The van der Waals surface area contributed by atoms with Crippen molar-refractivity contribution in [1.82, 2.24) is 0 Å². The Kier molecular flexibility index (Phi) is 3.68. The van der Waals surface area contributed by atoms with Crippen LogP contribution in [0, 0.1) is 0 Å². The molecule has 0 amide bonds. The van der Waals surface area contributed by atoms with Crippen molar-refractivity contribution in [3.63, 3.8) is 0 Å². The molecule has 1 unspecified atom stereocenters. The van der Waals surface area contributed by atoms with E-state index in [4.69, 9.17) is 0 Å². The summed E-state index contributed by atoms with van der Waals surface area (Å²) in [6.07, 6.45) is -3.02. The molecule has 3 nitrogen and oxygen atoms in total. The first-order chi connectivity index (χ1) is 8.93. The minimum absolute atomic E-state index is 0.405. The normalized spacial score (nSPS) is 19.6. The summed E-state index contributed by atoms with van der Waals surface area (Å²) in [7, 11) is 1.28. The number of esters is 1. The molecule has 0 spiro atoms. The van der Waals surface area contributed by atoms with Crippen molar-refractivity contribution >= 4 is 11.7 Å². The van der Waals surface area contributed by atoms with Crippen LogP contribution >= 0.6 is 0 Å². The Morgan fingerprint density at radius 1 is 1.42 bits per heavy atom. The number of hydrogen-bond acceptors (Lipinski definition) is 3. The lowest BCUT2D eigenvalue weighted by Gasteiger charge is -2.25. The Bertz CT molecular complexity index is 473. The highest BCUT2D eigenvalue weighted by molar-refractivity contribution is 5.80. The van der Waals surface area contributed by atoms with Gasteiger partial charge in [0, 0.05) is 12.2 Å². The summed E-state index contributed by atoms with van der Waals surface area (Å²) in [6.45, 7) is 0.557. The SMILES string of the molecule is COC(=O)C1CCCN1c1cccc(C(F)(F)F)c1. The van der Waals surface area contributed by atoms with Gasteiger partial charge in [-0.15, -0.1) is 0 Å². The number of halogens is 3. The van der Waals surface area contributed by atoms with Gasteiger partial charge in [-0.2, -0.15) is 13.2 Å². The quantitative estimate of drug-likeness (QED) is 0.776. The van der Waals surface area contributed by atoms with Gasteiger partial charge >= 0.3 is 12.1 Å². The highest BCUT2D eigenvalue weighted by atomic mass is 19.4. The van der Waals surface area contributed by atoms with Gasteiger partial charge < -0.3 is 9.64 Å². The third-order valence-corrected chi connectivity index (χ3v) is 3.23. The van der Waals surface area contributed by atoms with E-state index in [2.05, 4.69) is 4.74 Å². The van der Waals surface area contributed by atoms with Gasteiger partial charge in [-0.3, -0.25) is 0 Å². The van der Waals surface area contributed by atoms with Crippen molar-refractivity contribution in [2.24, 2.45) is 0 Å². The maximum atomic E-state index is 12.7. The van der Waals surface area contributed by atoms with E-state index in [1.807, 2.05) is 0 Å². The molecule has 1 heterocycles. The average Bonchev–Trinajstić information content (AvgIpc) is 2.86. The average molecular weight is 273 g/mol. The number of ether oxygens (including phenoxy) is 1. The standard InChI is InChI=1S/C13H14F3NO2/c1-19-12(18)11-6-3-7-17(11)10-5-2-4-9(8-10)13(14,15)16/h2,4-5,8,11H,3,6-7H2,1H3. The van der Waals surface area contributed by atoms with E-state index in [0.29, 0.717) is 18.7 Å². The zero-order chi connectivity index (χ0) is 14.0. The number of rotatable bonds is 2. The number of methoxy groups -OCH3 is 1. The molecule has 0 radical (unpaired) electrons. The molecule has 1 atom stereocenters. The van der Waals surface area contributed by atoms with Gasteiger partial charge in [-0.25, -0.2) is 4.79 Å². The highest BCUT2D eigenvalue weighted by Gasteiger charge is 2.34. The van der Waals surface area contributed by atoms with Crippen LogP contribution in [-0.4, -0.2) is 25.7 Å². The molecule has 104 valence electrons. The van der Waals surface area contributed by atoms with Crippen LogP contribution in [0.1, 0.15) is 18.4 Å². The lowest BCUT2D eigenvalue weighted by Crippen LogP contribution is -2.36. The van der Waals surface area contributed by atoms with E-state index in [1.165, 1.54) is 13.2 Å². The van der Waals surface area contributed by atoms with Crippen LogP contribution in [0.25, 0.3) is 0 Å². The van der Waals surface area contributed by atoms with Crippen molar-refractivity contribution in [2.75, 3.05) is 18.6 Å². The second-order valence-corrected chi connectivity index (χ2v) is 4.42. The zero-order valence-corrected chi connectivity index (χ0v) is 10.4. The van der Waals surface area contributed by atoms with Gasteiger partial charge in [0.05, 0.1) is 12.7 Å². The van der Waals surface area contributed by atoms with Crippen LogP contribution in [0.5, 0.6) is 0 Å². The van der Waals surface area contributed by atoms with Crippen LogP contribution in [0.15, 0.2) is 24.3 Å².